The van der Waals surface area contributed by atoms with Crippen molar-refractivity contribution in [2.24, 2.45) is 0 Å². The van der Waals surface area contributed by atoms with Crippen molar-refractivity contribution in [1.29, 1.82) is 0 Å². The summed E-state index contributed by atoms with van der Waals surface area (Å²) in [6.45, 7) is 0.274. The Kier molecular flexibility index (Phi) is 4.94. The first-order valence-electron chi connectivity index (χ1n) is 9.91. The van der Waals surface area contributed by atoms with Crippen molar-refractivity contribution in [2.45, 2.75) is 31.2 Å². The van der Waals surface area contributed by atoms with Crippen LogP contribution in [0.25, 0.3) is 0 Å². The molecule has 0 saturated carbocycles. The van der Waals surface area contributed by atoms with E-state index in [0.717, 1.165) is 46.5 Å². The molecule has 4 amide bonds. The number of nitrogens with one attached hydrogen (secondary N) is 1. The molecule has 8 heteroatoms. The Morgan fingerprint density at radius 1 is 1.10 bits per heavy atom. The molecule has 3 aliphatic rings. The van der Waals surface area contributed by atoms with Crippen LogP contribution >= 0.6 is 12.4 Å². The first-order valence-corrected chi connectivity index (χ1v) is 9.91. The summed E-state index contributed by atoms with van der Waals surface area (Å²) in [6, 6.07) is 12.7. The zero-order chi connectivity index (χ0) is 20.2. The smallest absolute Gasteiger partial charge is 0.325 e. The van der Waals surface area contributed by atoms with Crippen LogP contribution in [0, 0.1) is 0 Å². The maximum Gasteiger partial charge on any atom is 0.325 e. The number of imide groups is 1. The van der Waals surface area contributed by atoms with E-state index in [9.17, 15) is 14.4 Å². The van der Waals surface area contributed by atoms with Gasteiger partial charge in [-0.25, -0.2) is 4.79 Å². The SMILES string of the molecule is Cl.Nc1cccc2c1CCCN2C(=O)CN1C(=O)NC2(CCc3ccccc32)C1=O. The number of anilines is 2. The van der Waals surface area contributed by atoms with E-state index >= 15 is 0 Å². The maximum atomic E-state index is 13.3. The number of nitrogens with two attached hydrogens (primary N) is 1. The molecule has 2 aromatic rings. The number of nitrogens with zero attached hydrogens (tertiary/aromatic N) is 2. The van der Waals surface area contributed by atoms with Gasteiger partial charge in [0.2, 0.25) is 5.91 Å². The third-order valence-electron chi connectivity index (χ3n) is 6.30. The fourth-order valence-electron chi connectivity index (χ4n) is 4.86. The van der Waals surface area contributed by atoms with Crippen molar-refractivity contribution < 1.29 is 14.4 Å². The lowest BCUT2D eigenvalue weighted by Crippen LogP contribution is -2.46. The number of carbonyl (C=O) groups is 3. The van der Waals surface area contributed by atoms with Crippen molar-refractivity contribution in [2.75, 3.05) is 23.7 Å². The van der Waals surface area contributed by atoms with Crippen LogP contribution in [0.2, 0.25) is 0 Å². The lowest BCUT2D eigenvalue weighted by atomic mass is 9.92. The van der Waals surface area contributed by atoms with Crippen molar-refractivity contribution in [3.05, 3.63) is 59.2 Å². The summed E-state index contributed by atoms with van der Waals surface area (Å²) in [6.07, 6.45) is 2.85. The van der Waals surface area contributed by atoms with Crippen LogP contribution in [0.1, 0.15) is 29.5 Å². The first-order chi connectivity index (χ1) is 14.0. The Balaban J connectivity index is 0.00000218. The van der Waals surface area contributed by atoms with Gasteiger partial charge in [-0.3, -0.25) is 14.5 Å². The minimum absolute atomic E-state index is 0. The van der Waals surface area contributed by atoms with Crippen molar-refractivity contribution in [1.82, 2.24) is 10.2 Å². The van der Waals surface area contributed by atoms with Gasteiger partial charge in [-0.15, -0.1) is 12.4 Å². The quantitative estimate of drug-likeness (QED) is 0.569. The highest BCUT2D eigenvalue weighted by Gasteiger charge is 2.55. The number of amides is 4. The molecule has 0 aromatic heterocycles. The van der Waals surface area contributed by atoms with E-state index in [-0.39, 0.29) is 30.8 Å². The van der Waals surface area contributed by atoms with Gasteiger partial charge in [0.1, 0.15) is 12.1 Å². The number of halogens is 1. The molecule has 3 N–H and O–H groups in total. The molecule has 1 saturated heterocycles. The topological polar surface area (TPSA) is 95.7 Å². The minimum Gasteiger partial charge on any atom is -0.398 e. The second-order valence-corrected chi connectivity index (χ2v) is 7.88. The highest BCUT2D eigenvalue weighted by molar-refractivity contribution is 6.11. The van der Waals surface area contributed by atoms with Crippen molar-refractivity contribution >= 4 is 41.6 Å². The van der Waals surface area contributed by atoms with Crippen LogP contribution in [0.3, 0.4) is 0 Å². The van der Waals surface area contributed by atoms with Gasteiger partial charge in [-0.1, -0.05) is 30.3 Å². The number of fused-ring (bicyclic) bond motifs is 3. The summed E-state index contributed by atoms with van der Waals surface area (Å²) in [5.74, 6) is -0.617. The van der Waals surface area contributed by atoms with Gasteiger partial charge < -0.3 is 16.0 Å². The molecule has 156 valence electrons. The van der Waals surface area contributed by atoms with Crippen molar-refractivity contribution in [3.63, 3.8) is 0 Å². The number of urea groups is 1. The van der Waals surface area contributed by atoms with Gasteiger partial charge in [-0.2, -0.15) is 0 Å². The number of hydrogen-bond acceptors (Lipinski definition) is 4. The number of benzene rings is 2. The van der Waals surface area contributed by atoms with E-state index in [4.69, 9.17) is 5.73 Å². The van der Waals surface area contributed by atoms with E-state index in [1.165, 1.54) is 0 Å². The summed E-state index contributed by atoms with van der Waals surface area (Å²) in [5, 5.41) is 2.87. The molecule has 30 heavy (non-hydrogen) atoms. The molecule has 2 heterocycles. The zero-order valence-corrected chi connectivity index (χ0v) is 17.2. The standard InChI is InChI=1S/C22H22N4O3.ClH/c23-17-8-3-9-18-15(17)6-4-12-25(18)19(27)13-26-20(28)22(24-21(26)29)11-10-14-5-1-2-7-16(14)22;/h1-3,5,7-9H,4,6,10-13,23H2,(H,24,29);1H. The van der Waals surface area contributed by atoms with Gasteiger partial charge in [0.15, 0.2) is 0 Å². The highest BCUT2D eigenvalue weighted by Crippen LogP contribution is 2.41. The molecule has 1 spiro atoms. The van der Waals surface area contributed by atoms with Gasteiger partial charge in [0.25, 0.3) is 5.91 Å². The average molecular weight is 427 g/mol. The third kappa shape index (κ3) is 2.84. The van der Waals surface area contributed by atoms with Gasteiger partial charge >= 0.3 is 6.03 Å². The Morgan fingerprint density at radius 3 is 2.73 bits per heavy atom. The summed E-state index contributed by atoms with van der Waals surface area (Å²) < 4.78 is 0. The van der Waals surface area contributed by atoms with Crippen LogP contribution in [0.4, 0.5) is 16.2 Å². The van der Waals surface area contributed by atoms with E-state index in [1.807, 2.05) is 42.5 Å². The third-order valence-corrected chi connectivity index (χ3v) is 6.30. The summed E-state index contributed by atoms with van der Waals surface area (Å²) in [5.41, 5.74) is 9.31. The number of nitrogen functional groups attached to an aromatic ring is 1. The van der Waals surface area contributed by atoms with Gasteiger partial charge in [0.05, 0.1) is 0 Å². The Morgan fingerprint density at radius 2 is 1.90 bits per heavy atom. The Labute approximate surface area is 180 Å². The van der Waals surface area contributed by atoms with Crippen LogP contribution in [0.5, 0.6) is 0 Å². The van der Waals surface area contributed by atoms with Gasteiger partial charge in [0, 0.05) is 17.9 Å². The summed E-state index contributed by atoms with van der Waals surface area (Å²) in [4.78, 5) is 41.7. The summed E-state index contributed by atoms with van der Waals surface area (Å²) in [7, 11) is 0. The van der Waals surface area contributed by atoms with Crippen LogP contribution in [0.15, 0.2) is 42.5 Å². The monoisotopic (exact) mass is 426 g/mol. The number of aryl methyl sites for hydroxylation is 1. The predicted molar refractivity (Wildman–Crippen MR) is 115 cm³/mol. The lowest BCUT2D eigenvalue weighted by Gasteiger charge is -2.31. The fourth-order valence-corrected chi connectivity index (χ4v) is 4.86. The van der Waals surface area contributed by atoms with Gasteiger partial charge in [-0.05, 0) is 54.5 Å². The number of hydrogen-bond donors (Lipinski definition) is 2. The van der Waals surface area contributed by atoms with Crippen molar-refractivity contribution in [3.8, 4) is 0 Å². The fraction of sp³-hybridized carbons (Fsp3) is 0.318. The van der Waals surface area contributed by atoms with E-state index in [0.29, 0.717) is 18.7 Å². The molecule has 1 aliphatic carbocycles. The van der Waals surface area contributed by atoms with E-state index in [1.54, 1.807) is 4.90 Å². The molecule has 2 aromatic carbocycles. The van der Waals surface area contributed by atoms with Crippen LogP contribution in [-0.2, 0) is 28.0 Å². The first kappa shape index (κ1) is 20.2. The lowest BCUT2D eigenvalue weighted by molar-refractivity contribution is -0.134. The van der Waals surface area contributed by atoms with Crippen LogP contribution in [-0.4, -0.2) is 35.8 Å². The molecule has 1 atom stereocenters. The second-order valence-electron chi connectivity index (χ2n) is 7.88. The number of carbonyl (C=O) groups excluding carboxylic acids is 3. The average Bonchev–Trinajstić information content (AvgIpc) is 3.21. The highest BCUT2D eigenvalue weighted by atomic mass is 35.5. The summed E-state index contributed by atoms with van der Waals surface area (Å²) >= 11 is 0. The Bertz CT molecular complexity index is 1060. The molecule has 1 fully saturated rings. The molecule has 1 unspecified atom stereocenters. The molecular weight excluding hydrogens is 404 g/mol. The number of rotatable bonds is 2. The zero-order valence-electron chi connectivity index (χ0n) is 16.4. The van der Waals surface area contributed by atoms with Crippen LogP contribution < -0.4 is 16.0 Å². The molecule has 0 radical (unpaired) electrons. The molecular formula is C22H23ClN4O3. The Hall–Kier alpha value is -3.06. The molecule has 0 bridgehead atoms. The molecule has 5 rings (SSSR count). The molecule has 2 aliphatic heterocycles. The largest absolute Gasteiger partial charge is 0.398 e. The normalized spacial score (nSPS) is 21.9. The second kappa shape index (κ2) is 7.32. The predicted octanol–water partition coefficient (Wildman–Crippen LogP) is 2.36. The minimum atomic E-state index is -1.04. The maximum absolute atomic E-state index is 13.3. The van der Waals surface area contributed by atoms with E-state index in [2.05, 4.69) is 5.32 Å². The molecule has 7 nitrogen and oxygen atoms in total. The van der Waals surface area contributed by atoms with E-state index < -0.39 is 11.6 Å².